The van der Waals surface area contributed by atoms with Crippen molar-refractivity contribution in [3.63, 3.8) is 0 Å². The summed E-state index contributed by atoms with van der Waals surface area (Å²) in [6.07, 6.45) is 3.85. The molecule has 0 spiro atoms. The quantitative estimate of drug-likeness (QED) is 0.853. The number of carbonyl (C=O) groups excluding carboxylic acids is 1. The van der Waals surface area contributed by atoms with Crippen LogP contribution in [0.3, 0.4) is 0 Å². The first-order valence-electron chi connectivity index (χ1n) is 7.23. The Labute approximate surface area is 116 Å². The maximum Gasteiger partial charge on any atom is 0.326 e. The Kier molecular flexibility index (Phi) is 5.39. The monoisotopic (exact) mass is 269 g/mol. The smallest absolute Gasteiger partial charge is 0.326 e. The molecule has 1 rings (SSSR count). The Balaban J connectivity index is 2.58. The van der Waals surface area contributed by atoms with Crippen molar-refractivity contribution < 1.29 is 14.7 Å². The van der Waals surface area contributed by atoms with Gasteiger partial charge in [0.15, 0.2) is 0 Å². The molecule has 110 valence electrons. The minimum atomic E-state index is -0.864. The lowest BCUT2D eigenvalue weighted by Gasteiger charge is -2.34. The van der Waals surface area contributed by atoms with Gasteiger partial charge < -0.3 is 10.0 Å². The summed E-state index contributed by atoms with van der Waals surface area (Å²) in [5, 5.41) is 9.18. The van der Waals surface area contributed by atoms with Gasteiger partial charge in [-0.3, -0.25) is 4.79 Å². The fraction of sp³-hybridized carbons (Fsp3) is 0.867. The Hall–Kier alpha value is -1.06. The number of piperidine rings is 1. The van der Waals surface area contributed by atoms with Crippen molar-refractivity contribution in [2.75, 3.05) is 6.54 Å². The molecule has 1 aliphatic rings. The highest BCUT2D eigenvalue weighted by molar-refractivity contribution is 5.84. The third kappa shape index (κ3) is 5.21. The summed E-state index contributed by atoms with van der Waals surface area (Å²) in [4.78, 5) is 25.0. The highest BCUT2D eigenvalue weighted by Crippen LogP contribution is 2.27. The zero-order valence-electron chi connectivity index (χ0n) is 12.6. The van der Waals surface area contributed by atoms with Crippen LogP contribution < -0.4 is 0 Å². The number of aliphatic carboxylic acids is 1. The first kappa shape index (κ1) is 16.0. The van der Waals surface area contributed by atoms with E-state index in [0.717, 1.165) is 19.3 Å². The van der Waals surface area contributed by atoms with Gasteiger partial charge in [-0.05, 0) is 37.0 Å². The molecule has 0 aliphatic carbocycles. The lowest BCUT2D eigenvalue weighted by atomic mass is 9.84. The fourth-order valence-electron chi connectivity index (χ4n) is 3.02. The molecule has 2 atom stereocenters. The van der Waals surface area contributed by atoms with E-state index in [2.05, 4.69) is 27.7 Å². The molecule has 0 aromatic carbocycles. The minimum absolute atomic E-state index is 0.00356. The van der Waals surface area contributed by atoms with E-state index in [1.165, 1.54) is 0 Å². The predicted octanol–water partition coefficient (Wildman–Crippen LogP) is 2.91. The number of carbonyl (C=O) groups is 2. The first-order chi connectivity index (χ1) is 8.70. The van der Waals surface area contributed by atoms with Crippen LogP contribution in [0.2, 0.25) is 0 Å². The normalized spacial score (nSPS) is 22.1. The zero-order chi connectivity index (χ0) is 14.6. The summed E-state index contributed by atoms with van der Waals surface area (Å²) in [7, 11) is 0. The standard InChI is InChI=1S/C15H27NO3/c1-11(10-15(2,3)4)9-13(17)16-8-6-5-7-12(16)14(18)19/h11-12H,5-10H2,1-4H3,(H,18,19)/t11?,12-/m0/s1. The molecule has 4 nitrogen and oxygen atoms in total. The number of likely N-dealkylation sites (tertiary alicyclic amines) is 1. The van der Waals surface area contributed by atoms with E-state index in [1.54, 1.807) is 4.90 Å². The summed E-state index contributed by atoms with van der Waals surface area (Å²) in [6.45, 7) is 9.15. The summed E-state index contributed by atoms with van der Waals surface area (Å²) in [6, 6.07) is -0.608. The number of hydrogen-bond donors (Lipinski definition) is 1. The summed E-state index contributed by atoms with van der Waals surface area (Å²) in [5.41, 5.74) is 0.202. The average Bonchev–Trinajstić information content (AvgIpc) is 2.26. The van der Waals surface area contributed by atoms with Crippen LogP contribution in [0.4, 0.5) is 0 Å². The van der Waals surface area contributed by atoms with Gasteiger partial charge >= 0.3 is 5.97 Å². The highest BCUT2D eigenvalue weighted by atomic mass is 16.4. The van der Waals surface area contributed by atoms with Gasteiger partial charge in [0.1, 0.15) is 6.04 Å². The molecular weight excluding hydrogens is 242 g/mol. The van der Waals surface area contributed by atoms with Gasteiger partial charge in [-0.2, -0.15) is 0 Å². The van der Waals surface area contributed by atoms with Crippen molar-refractivity contribution in [1.29, 1.82) is 0 Å². The van der Waals surface area contributed by atoms with Gasteiger partial charge in [0, 0.05) is 13.0 Å². The highest BCUT2D eigenvalue weighted by Gasteiger charge is 2.32. The minimum Gasteiger partial charge on any atom is -0.480 e. The molecule has 1 aliphatic heterocycles. The van der Waals surface area contributed by atoms with E-state index in [0.29, 0.717) is 25.3 Å². The second-order valence-corrected chi connectivity index (χ2v) is 7.01. The second-order valence-electron chi connectivity index (χ2n) is 7.01. The lowest BCUT2D eigenvalue weighted by molar-refractivity contribution is -0.152. The van der Waals surface area contributed by atoms with Crippen molar-refractivity contribution in [2.24, 2.45) is 11.3 Å². The number of carboxylic acids is 1. The van der Waals surface area contributed by atoms with E-state index in [9.17, 15) is 14.7 Å². The Bertz CT molecular complexity index is 333. The van der Waals surface area contributed by atoms with Crippen LogP contribution >= 0.6 is 0 Å². The molecule has 1 amide bonds. The lowest BCUT2D eigenvalue weighted by Crippen LogP contribution is -2.48. The topological polar surface area (TPSA) is 57.6 Å². The third-order valence-corrected chi connectivity index (χ3v) is 3.59. The molecular formula is C15H27NO3. The van der Waals surface area contributed by atoms with Gasteiger partial charge in [0.2, 0.25) is 5.91 Å². The van der Waals surface area contributed by atoms with Crippen molar-refractivity contribution >= 4 is 11.9 Å². The molecule has 0 aromatic heterocycles. The predicted molar refractivity (Wildman–Crippen MR) is 74.8 cm³/mol. The number of amides is 1. The van der Waals surface area contributed by atoms with Crippen LogP contribution in [0.5, 0.6) is 0 Å². The van der Waals surface area contributed by atoms with Crippen LogP contribution in [-0.4, -0.2) is 34.5 Å². The number of nitrogens with zero attached hydrogens (tertiary/aromatic N) is 1. The van der Waals surface area contributed by atoms with Gasteiger partial charge in [0.05, 0.1) is 0 Å². The van der Waals surface area contributed by atoms with E-state index < -0.39 is 12.0 Å². The van der Waals surface area contributed by atoms with Crippen molar-refractivity contribution in [3.8, 4) is 0 Å². The molecule has 4 heteroatoms. The van der Waals surface area contributed by atoms with Crippen LogP contribution in [0.15, 0.2) is 0 Å². The molecule has 1 fully saturated rings. The van der Waals surface area contributed by atoms with Gasteiger partial charge in [-0.1, -0.05) is 27.7 Å². The number of rotatable bonds is 4. The van der Waals surface area contributed by atoms with Crippen LogP contribution in [0.1, 0.15) is 59.8 Å². The first-order valence-corrected chi connectivity index (χ1v) is 7.23. The number of hydrogen-bond acceptors (Lipinski definition) is 2. The summed E-state index contributed by atoms with van der Waals surface area (Å²) < 4.78 is 0. The number of carboxylic acid groups (broad SMARTS) is 1. The fourth-order valence-corrected chi connectivity index (χ4v) is 3.02. The van der Waals surface area contributed by atoms with Gasteiger partial charge in [-0.25, -0.2) is 4.79 Å². The van der Waals surface area contributed by atoms with Crippen molar-refractivity contribution in [1.82, 2.24) is 4.90 Å². The SMILES string of the molecule is CC(CC(=O)N1CCCC[C@H]1C(=O)O)CC(C)(C)C. The van der Waals surface area contributed by atoms with Crippen LogP contribution in [-0.2, 0) is 9.59 Å². The maximum absolute atomic E-state index is 12.3. The molecule has 1 saturated heterocycles. The van der Waals surface area contributed by atoms with Crippen molar-refractivity contribution in [3.05, 3.63) is 0 Å². The molecule has 1 N–H and O–H groups in total. The maximum atomic E-state index is 12.3. The van der Waals surface area contributed by atoms with Crippen molar-refractivity contribution in [2.45, 2.75) is 65.8 Å². The van der Waals surface area contributed by atoms with E-state index in [1.807, 2.05) is 0 Å². The molecule has 0 radical (unpaired) electrons. The van der Waals surface area contributed by atoms with Gasteiger partial charge in [0.25, 0.3) is 0 Å². The second kappa shape index (κ2) is 6.40. The van der Waals surface area contributed by atoms with E-state index in [-0.39, 0.29) is 11.3 Å². The molecule has 0 bridgehead atoms. The molecule has 1 heterocycles. The zero-order valence-corrected chi connectivity index (χ0v) is 12.6. The van der Waals surface area contributed by atoms with E-state index in [4.69, 9.17) is 0 Å². The average molecular weight is 269 g/mol. The van der Waals surface area contributed by atoms with E-state index >= 15 is 0 Å². The Morgan fingerprint density at radius 1 is 1.32 bits per heavy atom. The summed E-state index contributed by atoms with van der Waals surface area (Å²) >= 11 is 0. The molecule has 19 heavy (non-hydrogen) atoms. The van der Waals surface area contributed by atoms with Crippen LogP contribution in [0, 0.1) is 11.3 Å². The summed E-state index contributed by atoms with van der Waals surface area (Å²) in [5.74, 6) is -0.566. The largest absolute Gasteiger partial charge is 0.480 e. The molecule has 0 saturated carbocycles. The molecule has 1 unspecified atom stereocenters. The Morgan fingerprint density at radius 2 is 1.95 bits per heavy atom. The van der Waals surface area contributed by atoms with Gasteiger partial charge in [-0.15, -0.1) is 0 Å². The van der Waals surface area contributed by atoms with Crippen LogP contribution in [0.25, 0.3) is 0 Å². The third-order valence-electron chi connectivity index (χ3n) is 3.59. The molecule has 0 aromatic rings. The Morgan fingerprint density at radius 3 is 2.47 bits per heavy atom.